The predicted molar refractivity (Wildman–Crippen MR) is 96.0 cm³/mol. The second-order valence-corrected chi connectivity index (χ2v) is 6.06. The van der Waals surface area contributed by atoms with E-state index in [1.54, 1.807) is 38.1 Å². The summed E-state index contributed by atoms with van der Waals surface area (Å²) in [6.07, 6.45) is -4.44. The Bertz CT molecular complexity index is 808. The first-order chi connectivity index (χ1) is 13.2. The molecule has 0 aliphatic rings. The van der Waals surface area contributed by atoms with Gasteiger partial charge in [0, 0.05) is 0 Å². The average Bonchev–Trinajstić information content (AvgIpc) is 2.64. The van der Waals surface area contributed by atoms with Gasteiger partial charge in [-0.25, -0.2) is 19.2 Å². The summed E-state index contributed by atoms with van der Waals surface area (Å²) in [5, 5.41) is 18.6. The molecule has 2 rings (SSSR count). The minimum atomic E-state index is -2.22. The molecule has 0 aromatic heterocycles. The van der Waals surface area contributed by atoms with Crippen LogP contribution < -0.4 is 0 Å². The van der Waals surface area contributed by atoms with E-state index in [0.717, 1.165) is 11.1 Å². The van der Waals surface area contributed by atoms with Crippen molar-refractivity contribution in [2.24, 2.45) is 0 Å². The molecule has 8 heteroatoms. The molecule has 28 heavy (non-hydrogen) atoms. The zero-order chi connectivity index (χ0) is 20.8. The number of hydrogen-bond acceptors (Lipinski definition) is 6. The molecule has 0 amide bonds. The third kappa shape index (κ3) is 5.16. The van der Waals surface area contributed by atoms with Gasteiger partial charge in [-0.1, -0.05) is 35.4 Å². The number of esters is 2. The van der Waals surface area contributed by atoms with E-state index in [9.17, 15) is 29.4 Å². The summed E-state index contributed by atoms with van der Waals surface area (Å²) in [7, 11) is 0. The highest BCUT2D eigenvalue weighted by atomic mass is 16.6. The molecular weight excluding hydrogens is 368 g/mol. The van der Waals surface area contributed by atoms with Gasteiger partial charge in [0.1, 0.15) is 0 Å². The minimum absolute atomic E-state index is 0.0332. The third-order valence-electron chi connectivity index (χ3n) is 3.80. The number of ether oxygens (including phenoxy) is 2. The number of hydrogen-bond donors (Lipinski definition) is 2. The lowest BCUT2D eigenvalue weighted by Crippen LogP contribution is -2.45. The van der Waals surface area contributed by atoms with Crippen LogP contribution in [-0.2, 0) is 19.1 Å². The number of carbonyl (C=O) groups is 4. The molecule has 2 atom stereocenters. The molecule has 0 unspecified atom stereocenters. The fraction of sp³-hybridized carbons (Fsp3) is 0.200. The highest BCUT2D eigenvalue weighted by molar-refractivity contribution is 5.95. The first-order valence-corrected chi connectivity index (χ1v) is 8.20. The van der Waals surface area contributed by atoms with Crippen molar-refractivity contribution >= 4 is 23.9 Å². The first kappa shape index (κ1) is 20.6. The van der Waals surface area contributed by atoms with Crippen molar-refractivity contribution in [1.29, 1.82) is 0 Å². The molecule has 2 aromatic carbocycles. The van der Waals surface area contributed by atoms with Crippen LogP contribution in [0.2, 0.25) is 0 Å². The van der Waals surface area contributed by atoms with Crippen molar-refractivity contribution in [1.82, 2.24) is 0 Å². The van der Waals surface area contributed by atoms with Crippen molar-refractivity contribution in [2.45, 2.75) is 26.1 Å². The number of carbonyl (C=O) groups excluding carboxylic acids is 2. The van der Waals surface area contributed by atoms with Gasteiger partial charge >= 0.3 is 23.9 Å². The molecule has 0 fully saturated rings. The quantitative estimate of drug-likeness (QED) is 0.694. The van der Waals surface area contributed by atoms with E-state index in [-0.39, 0.29) is 11.1 Å². The predicted octanol–water partition coefficient (Wildman–Crippen LogP) is 2.22. The van der Waals surface area contributed by atoms with Crippen LogP contribution >= 0.6 is 0 Å². The minimum Gasteiger partial charge on any atom is -0.478 e. The zero-order valence-electron chi connectivity index (χ0n) is 15.1. The molecule has 8 nitrogen and oxygen atoms in total. The molecule has 0 bridgehead atoms. The lowest BCUT2D eigenvalue weighted by Gasteiger charge is -2.21. The normalized spacial score (nSPS) is 12.5. The van der Waals surface area contributed by atoms with Crippen LogP contribution in [0.4, 0.5) is 0 Å². The van der Waals surface area contributed by atoms with Crippen molar-refractivity contribution in [2.75, 3.05) is 0 Å². The van der Waals surface area contributed by atoms with Crippen molar-refractivity contribution in [3.8, 4) is 0 Å². The van der Waals surface area contributed by atoms with E-state index in [2.05, 4.69) is 0 Å². The summed E-state index contributed by atoms with van der Waals surface area (Å²) in [5.74, 6) is -5.62. The van der Waals surface area contributed by atoms with Gasteiger partial charge in [-0.05, 0) is 38.1 Å². The monoisotopic (exact) mass is 386 g/mol. The number of aryl methyl sites for hydroxylation is 2. The van der Waals surface area contributed by atoms with Gasteiger partial charge in [0.25, 0.3) is 0 Å². The van der Waals surface area contributed by atoms with E-state index >= 15 is 0 Å². The molecule has 2 N–H and O–H groups in total. The Balaban J connectivity index is 2.21. The second-order valence-electron chi connectivity index (χ2n) is 6.06. The molecule has 0 spiro atoms. The van der Waals surface area contributed by atoms with Gasteiger partial charge in [-0.3, -0.25) is 0 Å². The summed E-state index contributed by atoms with van der Waals surface area (Å²) in [6.45, 7) is 3.58. The molecule has 0 aliphatic heterocycles. The fourth-order valence-corrected chi connectivity index (χ4v) is 2.23. The Morgan fingerprint density at radius 3 is 1.18 bits per heavy atom. The summed E-state index contributed by atoms with van der Waals surface area (Å²) < 4.78 is 9.64. The zero-order valence-corrected chi connectivity index (χ0v) is 15.1. The van der Waals surface area contributed by atoms with Crippen molar-refractivity contribution < 1.29 is 38.9 Å². The van der Waals surface area contributed by atoms with E-state index in [4.69, 9.17) is 9.47 Å². The maximum atomic E-state index is 12.2. The molecule has 0 aliphatic carbocycles. The Morgan fingerprint density at radius 1 is 0.643 bits per heavy atom. The van der Waals surface area contributed by atoms with E-state index < -0.39 is 36.1 Å². The van der Waals surface area contributed by atoms with Gasteiger partial charge < -0.3 is 19.7 Å². The van der Waals surface area contributed by atoms with Gasteiger partial charge in [-0.15, -0.1) is 0 Å². The lowest BCUT2D eigenvalue weighted by molar-refractivity contribution is -0.166. The molecule has 0 saturated heterocycles. The number of benzene rings is 2. The maximum Gasteiger partial charge on any atom is 0.349 e. The van der Waals surface area contributed by atoms with Crippen molar-refractivity contribution in [3.05, 3.63) is 70.8 Å². The standard InChI is InChI=1S/C20H18O8/c1-11-3-7-13(8-4-11)19(25)27-15(17(21)22)16(18(23)24)28-20(26)14-9-5-12(2)6-10-14/h3-10,15-16H,1-2H3,(H,21,22)(H,23,24)/t15-,16+. The van der Waals surface area contributed by atoms with Gasteiger partial charge in [0.05, 0.1) is 11.1 Å². The summed E-state index contributed by atoms with van der Waals surface area (Å²) in [4.78, 5) is 47.3. The van der Waals surface area contributed by atoms with Crippen molar-refractivity contribution in [3.63, 3.8) is 0 Å². The van der Waals surface area contributed by atoms with Crippen LogP contribution in [0.5, 0.6) is 0 Å². The summed E-state index contributed by atoms with van der Waals surface area (Å²) in [5.41, 5.74) is 1.79. The van der Waals surface area contributed by atoms with E-state index in [1.807, 2.05) is 0 Å². The second kappa shape index (κ2) is 8.81. The topological polar surface area (TPSA) is 127 Å². The number of carboxylic acid groups (broad SMARTS) is 2. The lowest BCUT2D eigenvalue weighted by atomic mass is 10.1. The van der Waals surface area contributed by atoms with Gasteiger partial charge in [-0.2, -0.15) is 0 Å². The van der Waals surface area contributed by atoms with E-state index in [1.165, 1.54) is 24.3 Å². The molecular formula is C20H18O8. The molecule has 146 valence electrons. The summed E-state index contributed by atoms with van der Waals surface area (Å²) in [6, 6.07) is 12.1. The van der Waals surface area contributed by atoms with Crippen LogP contribution in [0, 0.1) is 13.8 Å². The van der Waals surface area contributed by atoms with Gasteiger partial charge in [0.15, 0.2) is 0 Å². The van der Waals surface area contributed by atoms with Crippen LogP contribution in [0.3, 0.4) is 0 Å². The Labute approximate surface area is 160 Å². The molecule has 0 saturated carbocycles. The SMILES string of the molecule is Cc1ccc(C(=O)O[C@H](C(=O)O)[C@@H](OC(=O)c2ccc(C)cc2)C(=O)O)cc1. The molecule has 2 aromatic rings. The van der Waals surface area contributed by atoms with Crippen LogP contribution in [0.15, 0.2) is 48.5 Å². The highest BCUT2D eigenvalue weighted by Gasteiger charge is 2.41. The number of carboxylic acids is 2. The Kier molecular flexibility index (Phi) is 6.49. The number of aliphatic carboxylic acids is 2. The Hall–Kier alpha value is -3.68. The number of rotatable bonds is 7. The smallest absolute Gasteiger partial charge is 0.349 e. The van der Waals surface area contributed by atoms with Crippen LogP contribution in [0.1, 0.15) is 31.8 Å². The van der Waals surface area contributed by atoms with Gasteiger partial charge in [0.2, 0.25) is 12.2 Å². The summed E-state index contributed by atoms with van der Waals surface area (Å²) >= 11 is 0. The molecule has 0 heterocycles. The Morgan fingerprint density at radius 2 is 0.929 bits per heavy atom. The molecule has 0 radical (unpaired) electrons. The third-order valence-corrected chi connectivity index (χ3v) is 3.80. The largest absolute Gasteiger partial charge is 0.478 e. The van der Waals surface area contributed by atoms with E-state index in [0.29, 0.717) is 0 Å². The average molecular weight is 386 g/mol. The maximum absolute atomic E-state index is 12.2. The highest BCUT2D eigenvalue weighted by Crippen LogP contribution is 2.14. The van der Waals surface area contributed by atoms with Crippen LogP contribution in [-0.4, -0.2) is 46.3 Å². The fourth-order valence-electron chi connectivity index (χ4n) is 2.23. The first-order valence-electron chi connectivity index (χ1n) is 8.20. The van der Waals surface area contributed by atoms with Crippen LogP contribution in [0.25, 0.3) is 0 Å².